The van der Waals surface area contributed by atoms with E-state index in [0.29, 0.717) is 0 Å². The molecule has 1 heteroatoms. The summed E-state index contributed by atoms with van der Waals surface area (Å²) in [5.41, 5.74) is 16.8. The van der Waals surface area contributed by atoms with Crippen molar-refractivity contribution < 1.29 is 4.42 Å². The van der Waals surface area contributed by atoms with E-state index in [1.807, 2.05) is 0 Å². The fourth-order valence-corrected chi connectivity index (χ4v) is 10.7. The number of fused-ring (bicyclic) bond motifs is 8. The Morgan fingerprint density at radius 1 is 0.333 bits per heavy atom. The first-order valence-corrected chi connectivity index (χ1v) is 21.0. The summed E-state index contributed by atoms with van der Waals surface area (Å²) in [5.74, 6) is 0. The molecular formula is C59H38O. The summed E-state index contributed by atoms with van der Waals surface area (Å²) in [7, 11) is 0. The van der Waals surface area contributed by atoms with Crippen LogP contribution in [0.15, 0.2) is 199 Å². The van der Waals surface area contributed by atoms with Gasteiger partial charge in [0.15, 0.2) is 0 Å². The van der Waals surface area contributed by atoms with Crippen molar-refractivity contribution in [2.45, 2.75) is 19.3 Å². The van der Waals surface area contributed by atoms with Crippen LogP contribution in [0.25, 0.3) is 121 Å². The highest BCUT2D eigenvalue weighted by Gasteiger charge is 2.38. The average molecular weight is 763 g/mol. The summed E-state index contributed by atoms with van der Waals surface area (Å²) in [6.07, 6.45) is 0. The Kier molecular flexibility index (Phi) is 6.85. The Balaban J connectivity index is 0.918. The van der Waals surface area contributed by atoms with Gasteiger partial charge >= 0.3 is 0 Å². The van der Waals surface area contributed by atoms with Gasteiger partial charge in [-0.1, -0.05) is 190 Å². The van der Waals surface area contributed by atoms with E-state index >= 15 is 0 Å². The van der Waals surface area contributed by atoms with Crippen molar-refractivity contribution in [3.05, 3.63) is 205 Å². The Hall–Kier alpha value is -7.48. The van der Waals surface area contributed by atoms with E-state index in [9.17, 15) is 0 Å². The van der Waals surface area contributed by atoms with Crippen LogP contribution in [-0.2, 0) is 5.41 Å². The van der Waals surface area contributed by atoms with Crippen LogP contribution < -0.4 is 0 Å². The SMILES string of the molecule is CC1(C)c2ccc(-c3cccc(-c4ccc5ccc6c(-c7ccc(-c8cccc9ccccc89)cc7)ccc7ccc4c5c76)c3)cc2-c2c1ccc1c2oc2ccccc21. The fraction of sp³-hybridized carbons (Fsp3) is 0.0508. The molecular weight excluding hydrogens is 725 g/mol. The van der Waals surface area contributed by atoms with Crippen molar-refractivity contribution in [1.29, 1.82) is 0 Å². The van der Waals surface area contributed by atoms with E-state index in [0.717, 1.165) is 11.2 Å². The van der Waals surface area contributed by atoms with Crippen LogP contribution in [0.5, 0.6) is 0 Å². The lowest BCUT2D eigenvalue weighted by molar-refractivity contribution is 0.653. The van der Waals surface area contributed by atoms with Crippen LogP contribution in [0.3, 0.4) is 0 Å². The molecule has 0 bridgehead atoms. The molecule has 280 valence electrons. The van der Waals surface area contributed by atoms with Gasteiger partial charge in [-0.3, -0.25) is 0 Å². The molecule has 1 heterocycles. The van der Waals surface area contributed by atoms with Gasteiger partial charge in [-0.05, 0) is 122 Å². The van der Waals surface area contributed by atoms with Crippen LogP contribution in [0, 0.1) is 0 Å². The summed E-state index contributed by atoms with van der Waals surface area (Å²) in [6.45, 7) is 4.68. The number of rotatable bonds is 4. The zero-order valence-corrected chi connectivity index (χ0v) is 33.4. The van der Waals surface area contributed by atoms with Crippen molar-refractivity contribution >= 4 is 65.0 Å². The molecule has 0 atom stereocenters. The lowest BCUT2D eigenvalue weighted by Gasteiger charge is -2.21. The van der Waals surface area contributed by atoms with Gasteiger partial charge in [0.05, 0.1) is 0 Å². The molecule has 13 rings (SSSR count). The van der Waals surface area contributed by atoms with Gasteiger partial charge in [0.1, 0.15) is 11.2 Å². The summed E-state index contributed by atoms with van der Waals surface area (Å²) in [4.78, 5) is 0. The third kappa shape index (κ3) is 4.69. The van der Waals surface area contributed by atoms with Crippen molar-refractivity contribution in [3.63, 3.8) is 0 Å². The predicted octanol–water partition coefficient (Wildman–Crippen LogP) is 16.6. The number of para-hydroxylation sites is 1. The second-order valence-electron chi connectivity index (χ2n) is 17.2. The Bertz CT molecular complexity index is 3720. The molecule has 1 aromatic heterocycles. The zero-order chi connectivity index (χ0) is 39.7. The molecule has 0 fully saturated rings. The number of benzene rings is 11. The number of hydrogen-bond donors (Lipinski definition) is 0. The lowest BCUT2D eigenvalue weighted by atomic mass is 9.82. The average Bonchev–Trinajstić information content (AvgIpc) is 3.79. The maximum atomic E-state index is 6.62. The van der Waals surface area contributed by atoms with Gasteiger partial charge in [-0.15, -0.1) is 0 Å². The first kappa shape index (κ1) is 33.5. The van der Waals surface area contributed by atoms with Crippen molar-refractivity contribution in [2.24, 2.45) is 0 Å². The molecule has 0 N–H and O–H groups in total. The van der Waals surface area contributed by atoms with Crippen molar-refractivity contribution in [2.75, 3.05) is 0 Å². The summed E-state index contributed by atoms with van der Waals surface area (Å²) >= 11 is 0. The van der Waals surface area contributed by atoms with Crippen LogP contribution in [-0.4, -0.2) is 0 Å². The molecule has 0 aliphatic heterocycles. The van der Waals surface area contributed by atoms with Gasteiger partial charge in [0.2, 0.25) is 0 Å². The minimum Gasteiger partial charge on any atom is -0.455 e. The van der Waals surface area contributed by atoms with Crippen LogP contribution >= 0.6 is 0 Å². The van der Waals surface area contributed by atoms with Crippen molar-refractivity contribution in [3.8, 4) is 55.6 Å². The topological polar surface area (TPSA) is 13.1 Å². The normalized spacial score (nSPS) is 13.3. The second-order valence-corrected chi connectivity index (χ2v) is 17.2. The van der Waals surface area contributed by atoms with Gasteiger partial charge in [0, 0.05) is 21.8 Å². The molecule has 0 amide bonds. The van der Waals surface area contributed by atoms with Crippen LogP contribution in [0.1, 0.15) is 25.0 Å². The first-order valence-electron chi connectivity index (χ1n) is 21.0. The molecule has 0 saturated carbocycles. The molecule has 1 aliphatic carbocycles. The number of hydrogen-bond acceptors (Lipinski definition) is 1. The third-order valence-corrected chi connectivity index (χ3v) is 13.7. The van der Waals surface area contributed by atoms with Crippen molar-refractivity contribution in [1.82, 2.24) is 0 Å². The zero-order valence-electron chi connectivity index (χ0n) is 33.4. The minimum absolute atomic E-state index is 0.124. The van der Waals surface area contributed by atoms with E-state index in [-0.39, 0.29) is 5.41 Å². The van der Waals surface area contributed by atoms with Crippen LogP contribution in [0.2, 0.25) is 0 Å². The molecule has 12 aromatic rings. The van der Waals surface area contributed by atoms with Gasteiger partial charge in [0.25, 0.3) is 0 Å². The summed E-state index contributed by atoms with van der Waals surface area (Å²) in [5, 5.41) is 12.6. The molecule has 11 aromatic carbocycles. The van der Waals surface area contributed by atoms with E-state index in [4.69, 9.17) is 4.42 Å². The van der Waals surface area contributed by atoms with E-state index < -0.39 is 0 Å². The minimum atomic E-state index is -0.124. The summed E-state index contributed by atoms with van der Waals surface area (Å²) < 4.78 is 6.62. The third-order valence-electron chi connectivity index (χ3n) is 13.7. The molecule has 0 unspecified atom stereocenters. The molecule has 1 nitrogen and oxygen atoms in total. The summed E-state index contributed by atoms with van der Waals surface area (Å²) in [6, 6.07) is 72.0. The monoisotopic (exact) mass is 762 g/mol. The quantitative estimate of drug-likeness (QED) is 0.163. The fourth-order valence-electron chi connectivity index (χ4n) is 10.7. The van der Waals surface area contributed by atoms with Gasteiger partial charge < -0.3 is 4.42 Å². The second kappa shape index (κ2) is 12.3. The highest BCUT2D eigenvalue weighted by atomic mass is 16.3. The Morgan fingerprint density at radius 2 is 0.883 bits per heavy atom. The van der Waals surface area contributed by atoms with Gasteiger partial charge in [-0.25, -0.2) is 0 Å². The van der Waals surface area contributed by atoms with E-state index in [2.05, 4.69) is 208 Å². The first-order chi connectivity index (χ1) is 29.5. The Labute approximate surface area is 348 Å². The van der Waals surface area contributed by atoms with Gasteiger partial charge in [-0.2, -0.15) is 0 Å². The maximum absolute atomic E-state index is 6.62. The molecule has 0 spiro atoms. The molecule has 1 aliphatic rings. The molecule has 0 saturated heterocycles. The smallest absolute Gasteiger partial charge is 0.143 e. The number of furan rings is 1. The predicted molar refractivity (Wildman–Crippen MR) is 254 cm³/mol. The Morgan fingerprint density at radius 3 is 1.65 bits per heavy atom. The molecule has 0 radical (unpaired) electrons. The highest BCUT2D eigenvalue weighted by Crippen LogP contribution is 2.53. The standard InChI is InChI=1S/C59H38O/c1-59(2)52-31-25-41(34-51(52)57-53(59)32-30-50-47-14-5-6-16-54(47)60-58(50)57)40-11-7-12-42(33-40)46-27-22-39-23-28-48-45(26-21-38-24-29-49(46)56(39)55(38)48)37-19-17-36(18-20-37)44-15-8-10-35-9-3-4-13-43(35)44/h3-34H,1-2H3. The van der Waals surface area contributed by atoms with Crippen LogP contribution in [0.4, 0.5) is 0 Å². The molecule has 60 heavy (non-hydrogen) atoms. The lowest BCUT2D eigenvalue weighted by Crippen LogP contribution is -2.14. The highest BCUT2D eigenvalue weighted by molar-refractivity contribution is 6.27. The largest absolute Gasteiger partial charge is 0.455 e. The van der Waals surface area contributed by atoms with E-state index in [1.54, 1.807) is 0 Å². The maximum Gasteiger partial charge on any atom is 0.143 e. The van der Waals surface area contributed by atoms with E-state index in [1.165, 1.54) is 121 Å².